The van der Waals surface area contributed by atoms with E-state index in [0.29, 0.717) is 6.54 Å². The number of thiophene rings is 1. The fourth-order valence-corrected chi connectivity index (χ4v) is 2.97. The number of nitrogens with zero attached hydrogens (tertiary/aromatic N) is 1. The van der Waals surface area contributed by atoms with Crippen molar-refractivity contribution in [2.45, 2.75) is 13.0 Å². The number of hydrogen-bond acceptors (Lipinski definition) is 3. The van der Waals surface area contributed by atoms with Crippen molar-refractivity contribution in [3.63, 3.8) is 0 Å². The van der Waals surface area contributed by atoms with Crippen LogP contribution < -0.4 is 10.6 Å². The maximum absolute atomic E-state index is 13.3. The van der Waals surface area contributed by atoms with Gasteiger partial charge < -0.3 is 10.6 Å². The molecular formula is C14H17FN2S. The van der Waals surface area contributed by atoms with Crippen LogP contribution in [0.25, 0.3) is 0 Å². The predicted molar refractivity (Wildman–Crippen MR) is 75.5 cm³/mol. The smallest absolute Gasteiger partial charge is 0.125 e. The molecule has 0 spiro atoms. The lowest BCUT2D eigenvalue weighted by molar-refractivity contribution is 0.618. The Bertz CT molecular complexity index is 484. The molecular weight excluding hydrogens is 247 g/mol. The second kappa shape index (κ2) is 5.98. The fourth-order valence-electron chi connectivity index (χ4n) is 2.12. The van der Waals surface area contributed by atoms with Crippen LogP contribution in [0, 0.1) is 5.82 Å². The molecule has 1 aromatic carbocycles. The molecule has 2 rings (SSSR count). The largest absolute Gasteiger partial charge is 0.363 e. The summed E-state index contributed by atoms with van der Waals surface area (Å²) in [5.41, 5.74) is 6.76. The van der Waals surface area contributed by atoms with Crippen LogP contribution in [0.3, 0.4) is 0 Å². The number of nitrogens with two attached hydrogens (primary N) is 1. The van der Waals surface area contributed by atoms with Crippen LogP contribution in [0.2, 0.25) is 0 Å². The number of anilines is 1. The summed E-state index contributed by atoms with van der Waals surface area (Å²) in [6, 6.07) is 10.9. The highest BCUT2D eigenvalue weighted by Crippen LogP contribution is 2.29. The molecule has 0 aliphatic heterocycles. The number of halogens is 1. The molecule has 0 aliphatic rings. The van der Waals surface area contributed by atoms with Crippen LogP contribution in [0.1, 0.15) is 17.8 Å². The van der Waals surface area contributed by atoms with E-state index in [1.54, 1.807) is 23.5 Å². The number of hydrogen-bond donors (Lipinski definition) is 1. The molecule has 0 aliphatic carbocycles. The van der Waals surface area contributed by atoms with E-state index in [1.807, 2.05) is 17.5 Å². The molecule has 0 saturated heterocycles. The molecule has 0 bridgehead atoms. The molecule has 0 saturated carbocycles. The van der Waals surface area contributed by atoms with E-state index >= 15 is 0 Å². The molecule has 2 nitrogen and oxygen atoms in total. The van der Waals surface area contributed by atoms with Crippen molar-refractivity contribution in [1.82, 2.24) is 0 Å². The quantitative estimate of drug-likeness (QED) is 0.896. The Kier molecular flexibility index (Phi) is 4.33. The van der Waals surface area contributed by atoms with Crippen molar-refractivity contribution in [1.29, 1.82) is 0 Å². The Labute approximate surface area is 111 Å². The van der Waals surface area contributed by atoms with Crippen molar-refractivity contribution in [3.05, 3.63) is 52.5 Å². The first kappa shape index (κ1) is 13.1. The molecule has 1 heterocycles. The Morgan fingerprint density at radius 3 is 2.72 bits per heavy atom. The summed E-state index contributed by atoms with van der Waals surface area (Å²) in [6.45, 7) is 3.37. The fraction of sp³-hybridized carbons (Fsp3) is 0.286. The maximum Gasteiger partial charge on any atom is 0.125 e. The maximum atomic E-state index is 13.3. The zero-order valence-electron chi connectivity index (χ0n) is 10.3. The summed E-state index contributed by atoms with van der Waals surface area (Å²) in [6.07, 6.45) is 0. The predicted octanol–water partition coefficient (Wildman–Crippen LogP) is 3.41. The molecule has 96 valence electrons. The Hall–Kier alpha value is -1.39. The summed E-state index contributed by atoms with van der Waals surface area (Å²) < 4.78 is 13.3. The second-order valence-electron chi connectivity index (χ2n) is 4.03. The summed E-state index contributed by atoms with van der Waals surface area (Å²) >= 11 is 1.68. The van der Waals surface area contributed by atoms with Gasteiger partial charge in [-0.2, -0.15) is 0 Å². The normalized spacial score (nSPS) is 12.4. The van der Waals surface area contributed by atoms with Crippen molar-refractivity contribution >= 4 is 17.0 Å². The van der Waals surface area contributed by atoms with E-state index in [-0.39, 0.29) is 11.9 Å². The van der Waals surface area contributed by atoms with Crippen LogP contribution >= 0.6 is 11.3 Å². The highest BCUT2D eigenvalue weighted by Gasteiger charge is 2.19. The number of benzene rings is 1. The number of rotatable bonds is 5. The van der Waals surface area contributed by atoms with Gasteiger partial charge in [-0.3, -0.25) is 0 Å². The summed E-state index contributed by atoms with van der Waals surface area (Å²) in [7, 11) is 0. The van der Waals surface area contributed by atoms with Gasteiger partial charge in [0.15, 0.2) is 0 Å². The minimum absolute atomic E-state index is 0.108. The zero-order valence-corrected chi connectivity index (χ0v) is 11.2. The highest BCUT2D eigenvalue weighted by molar-refractivity contribution is 7.10. The van der Waals surface area contributed by atoms with E-state index in [4.69, 9.17) is 5.73 Å². The average molecular weight is 264 g/mol. The van der Waals surface area contributed by atoms with Gasteiger partial charge in [-0.05, 0) is 36.6 Å². The first-order valence-electron chi connectivity index (χ1n) is 6.02. The Morgan fingerprint density at radius 1 is 1.33 bits per heavy atom. The van der Waals surface area contributed by atoms with E-state index in [1.165, 1.54) is 10.9 Å². The third-order valence-electron chi connectivity index (χ3n) is 2.95. The van der Waals surface area contributed by atoms with Crippen LogP contribution in [0.5, 0.6) is 0 Å². The van der Waals surface area contributed by atoms with Crippen LogP contribution in [-0.4, -0.2) is 13.1 Å². The van der Waals surface area contributed by atoms with Crippen molar-refractivity contribution < 1.29 is 4.39 Å². The second-order valence-corrected chi connectivity index (χ2v) is 5.01. The van der Waals surface area contributed by atoms with Gasteiger partial charge in [0, 0.05) is 23.7 Å². The highest BCUT2D eigenvalue weighted by atomic mass is 32.1. The molecule has 4 heteroatoms. The monoisotopic (exact) mass is 264 g/mol. The van der Waals surface area contributed by atoms with Crippen LogP contribution in [0.4, 0.5) is 10.1 Å². The average Bonchev–Trinajstić information content (AvgIpc) is 2.89. The van der Waals surface area contributed by atoms with Gasteiger partial charge in [0.1, 0.15) is 5.82 Å². The SMILES string of the molecule is CCN(c1cccc(F)c1)C(CN)c1cccs1. The minimum atomic E-state index is -0.215. The first-order valence-corrected chi connectivity index (χ1v) is 6.90. The molecule has 1 unspecified atom stereocenters. The van der Waals surface area contributed by atoms with Crippen LogP contribution in [-0.2, 0) is 0 Å². The van der Waals surface area contributed by atoms with E-state index in [0.717, 1.165) is 12.2 Å². The van der Waals surface area contributed by atoms with Crippen LogP contribution in [0.15, 0.2) is 41.8 Å². The van der Waals surface area contributed by atoms with Gasteiger partial charge in [0.05, 0.1) is 6.04 Å². The van der Waals surface area contributed by atoms with Gasteiger partial charge in [-0.25, -0.2) is 4.39 Å². The zero-order chi connectivity index (χ0) is 13.0. The third-order valence-corrected chi connectivity index (χ3v) is 3.93. The van der Waals surface area contributed by atoms with Gasteiger partial charge in [0.25, 0.3) is 0 Å². The molecule has 0 fully saturated rings. The van der Waals surface area contributed by atoms with Crippen molar-refractivity contribution in [2.75, 3.05) is 18.0 Å². The molecule has 2 N–H and O–H groups in total. The molecule has 0 amide bonds. The lowest BCUT2D eigenvalue weighted by atomic mass is 10.1. The summed E-state index contributed by atoms with van der Waals surface area (Å²) in [5.74, 6) is -0.215. The van der Waals surface area contributed by atoms with E-state index in [2.05, 4.69) is 17.9 Å². The third kappa shape index (κ3) is 2.71. The molecule has 1 atom stereocenters. The molecule has 2 aromatic rings. The topological polar surface area (TPSA) is 29.3 Å². The lowest BCUT2D eigenvalue weighted by Crippen LogP contribution is -2.33. The van der Waals surface area contributed by atoms with Gasteiger partial charge in [-0.1, -0.05) is 12.1 Å². The molecule has 1 aromatic heterocycles. The van der Waals surface area contributed by atoms with Crippen molar-refractivity contribution in [2.24, 2.45) is 5.73 Å². The van der Waals surface area contributed by atoms with E-state index in [9.17, 15) is 4.39 Å². The van der Waals surface area contributed by atoms with Gasteiger partial charge in [0.2, 0.25) is 0 Å². The summed E-state index contributed by atoms with van der Waals surface area (Å²) in [4.78, 5) is 3.35. The summed E-state index contributed by atoms with van der Waals surface area (Å²) in [5, 5.41) is 2.04. The Balaban J connectivity index is 2.32. The molecule has 18 heavy (non-hydrogen) atoms. The number of likely N-dealkylation sites (N-methyl/N-ethyl adjacent to an activating group) is 1. The lowest BCUT2D eigenvalue weighted by Gasteiger charge is -2.31. The Morgan fingerprint density at radius 2 is 2.17 bits per heavy atom. The minimum Gasteiger partial charge on any atom is -0.363 e. The van der Waals surface area contributed by atoms with Crippen molar-refractivity contribution in [3.8, 4) is 0 Å². The van der Waals surface area contributed by atoms with Gasteiger partial charge in [-0.15, -0.1) is 11.3 Å². The molecule has 0 radical (unpaired) electrons. The first-order chi connectivity index (χ1) is 8.76. The standard InChI is InChI=1S/C14H17FN2S/c1-2-17(12-6-3-5-11(15)9-12)13(10-16)14-7-4-8-18-14/h3-9,13H,2,10,16H2,1H3. The van der Waals surface area contributed by atoms with Gasteiger partial charge >= 0.3 is 0 Å². The van der Waals surface area contributed by atoms with E-state index < -0.39 is 0 Å².